The third-order valence-electron chi connectivity index (χ3n) is 4.89. The van der Waals surface area contributed by atoms with Crippen LogP contribution in [-0.4, -0.2) is 20.8 Å². The fourth-order valence-corrected chi connectivity index (χ4v) is 3.34. The molecular formula is C24H18N4O2. The molecule has 2 aromatic carbocycles. The second-order valence-corrected chi connectivity index (χ2v) is 7.00. The number of hydrogen-bond donors (Lipinski definition) is 1. The minimum Gasteiger partial charge on any atom is -0.463 e. The Hall–Kier alpha value is -4.19. The lowest BCUT2D eigenvalue weighted by atomic mass is 10.0. The van der Waals surface area contributed by atoms with Crippen molar-refractivity contribution in [1.29, 1.82) is 0 Å². The molecule has 0 atom stereocenters. The van der Waals surface area contributed by atoms with Crippen molar-refractivity contribution in [3.63, 3.8) is 0 Å². The van der Waals surface area contributed by atoms with Crippen molar-refractivity contribution in [2.75, 3.05) is 5.43 Å². The van der Waals surface area contributed by atoms with Crippen LogP contribution >= 0.6 is 0 Å². The highest BCUT2D eigenvalue weighted by Crippen LogP contribution is 2.25. The number of rotatable bonds is 4. The van der Waals surface area contributed by atoms with Crippen molar-refractivity contribution in [3.8, 4) is 22.7 Å². The summed E-state index contributed by atoms with van der Waals surface area (Å²) in [5, 5.41) is 5.15. The lowest BCUT2D eigenvalue weighted by molar-refractivity contribution is 0.101. The third-order valence-corrected chi connectivity index (χ3v) is 4.89. The molecule has 0 aliphatic rings. The molecule has 0 fully saturated rings. The predicted octanol–water partition coefficient (Wildman–Crippen LogP) is 5.05. The van der Waals surface area contributed by atoms with E-state index in [0.29, 0.717) is 17.0 Å². The second kappa shape index (κ2) is 7.33. The summed E-state index contributed by atoms with van der Waals surface area (Å²) in [5.41, 5.74) is 7.63. The van der Waals surface area contributed by atoms with E-state index in [1.165, 1.54) is 10.4 Å². The van der Waals surface area contributed by atoms with Gasteiger partial charge >= 0.3 is 0 Å². The van der Waals surface area contributed by atoms with Crippen LogP contribution in [0, 0.1) is 6.92 Å². The van der Waals surface area contributed by atoms with Crippen LogP contribution < -0.4 is 5.43 Å². The minimum atomic E-state index is -0.268. The predicted molar refractivity (Wildman–Crippen MR) is 116 cm³/mol. The van der Waals surface area contributed by atoms with E-state index in [4.69, 9.17) is 9.40 Å². The van der Waals surface area contributed by atoms with Gasteiger partial charge < -0.3 is 4.42 Å². The Kier molecular flexibility index (Phi) is 4.37. The maximum Gasteiger partial charge on any atom is 0.272 e. The van der Waals surface area contributed by atoms with Gasteiger partial charge in [-0.1, -0.05) is 48.0 Å². The van der Waals surface area contributed by atoms with Gasteiger partial charge in [0.15, 0.2) is 5.76 Å². The Balaban J connectivity index is 1.52. The van der Waals surface area contributed by atoms with Crippen molar-refractivity contribution >= 4 is 16.8 Å². The van der Waals surface area contributed by atoms with E-state index in [-0.39, 0.29) is 5.91 Å². The first-order valence-corrected chi connectivity index (χ1v) is 9.55. The Morgan fingerprint density at radius 1 is 0.967 bits per heavy atom. The first-order chi connectivity index (χ1) is 14.7. The number of pyridine rings is 1. The Morgan fingerprint density at radius 3 is 2.60 bits per heavy atom. The maximum atomic E-state index is 13.1. The Bertz CT molecular complexity index is 1340. The molecule has 5 rings (SSSR count). The average Bonchev–Trinajstić information content (AvgIpc) is 3.45. The summed E-state index contributed by atoms with van der Waals surface area (Å²) in [5.74, 6) is 0.370. The molecule has 0 bridgehead atoms. The lowest BCUT2D eigenvalue weighted by Crippen LogP contribution is -2.23. The van der Waals surface area contributed by atoms with E-state index in [9.17, 15) is 4.79 Å². The van der Waals surface area contributed by atoms with Gasteiger partial charge in [0.2, 0.25) is 0 Å². The first kappa shape index (κ1) is 17.9. The second-order valence-electron chi connectivity index (χ2n) is 7.00. The molecule has 1 N–H and O–H groups in total. The van der Waals surface area contributed by atoms with Gasteiger partial charge in [0.25, 0.3) is 5.91 Å². The smallest absolute Gasteiger partial charge is 0.272 e. The topological polar surface area (TPSA) is 73.0 Å². The summed E-state index contributed by atoms with van der Waals surface area (Å²) in [6.45, 7) is 2.04. The Labute approximate surface area is 172 Å². The molecule has 0 radical (unpaired) electrons. The SMILES string of the molecule is Cc1ccc(-c2cc(C(=O)Nn3ccc(-c4ccco4)n3)c3ccccc3n2)cc1. The van der Waals surface area contributed by atoms with Crippen molar-refractivity contribution in [1.82, 2.24) is 14.9 Å². The van der Waals surface area contributed by atoms with E-state index in [1.54, 1.807) is 24.6 Å². The number of furan rings is 1. The monoisotopic (exact) mass is 394 g/mol. The van der Waals surface area contributed by atoms with Crippen molar-refractivity contribution in [2.45, 2.75) is 6.92 Å². The van der Waals surface area contributed by atoms with E-state index < -0.39 is 0 Å². The molecule has 3 aromatic heterocycles. The number of benzene rings is 2. The van der Waals surface area contributed by atoms with E-state index in [2.05, 4.69) is 10.5 Å². The third kappa shape index (κ3) is 3.35. The van der Waals surface area contributed by atoms with Crippen LogP contribution in [-0.2, 0) is 0 Å². The molecule has 0 saturated heterocycles. The number of nitrogens with zero attached hydrogens (tertiary/aromatic N) is 3. The van der Waals surface area contributed by atoms with Gasteiger partial charge in [-0.15, -0.1) is 5.10 Å². The van der Waals surface area contributed by atoms with E-state index >= 15 is 0 Å². The number of aryl methyl sites for hydroxylation is 1. The van der Waals surface area contributed by atoms with Gasteiger partial charge in [0.05, 0.1) is 23.0 Å². The molecule has 0 spiro atoms. The molecule has 0 saturated carbocycles. The number of carbonyl (C=O) groups excluding carboxylic acids is 1. The van der Waals surface area contributed by atoms with E-state index in [1.807, 2.05) is 67.6 Å². The van der Waals surface area contributed by atoms with Gasteiger partial charge in [-0.3, -0.25) is 4.79 Å². The van der Waals surface area contributed by atoms with Crippen molar-refractivity contribution in [3.05, 3.63) is 96.4 Å². The fraction of sp³-hybridized carbons (Fsp3) is 0.0417. The highest BCUT2D eigenvalue weighted by molar-refractivity contribution is 6.10. The number of carbonyl (C=O) groups is 1. The number of hydrogen-bond acceptors (Lipinski definition) is 4. The number of nitrogens with one attached hydrogen (secondary N) is 1. The summed E-state index contributed by atoms with van der Waals surface area (Å²) < 4.78 is 5.36. The van der Waals surface area contributed by atoms with Crippen LogP contribution in [0.2, 0.25) is 0 Å². The minimum absolute atomic E-state index is 0.268. The van der Waals surface area contributed by atoms with Gasteiger partial charge in [0.1, 0.15) is 5.69 Å². The van der Waals surface area contributed by atoms with Crippen LogP contribution in [0.3, 0.4) is 0 Å². The molecule has 146 valence electrons. The number of fused-ring (bicyclic) bond motifs is 1. The zero-order valence-corrected chi connectivity index (χ0v) is 16.2. The number of para-hydroxylation sites is 1. The molecule has 0 aliphatic heterocycles. The summed E-state index contributed by atoms with van der Waals surface area (Å²) in [6, 6.07) is 22.9. The van der Waals surface area contributed by atoms with Crippen LogP contribution in [0.1, 0.15) is 15.9 Å². The standard InChI is InChI=1S/C24H18N4O2/c1-16-8-10-17(11-9-16)22-15-19(18-5-2-3-6-20(18)25-22)24(29)27-28-13-12-21(26-28)23-7-4-14-30-23/h2-15H,1H3,(H,27,29). The van der Waals surface area contributed by atoms with E-state index in [0.717, 1.165) is 22.2 Å². The quantitative estimate of drug-likeness (QED) is 0.463. The molecule has 0 aliphatic carbocycles. The van der Waals surface area contributed by atoms with Crippen LogP contribution in [0.15, 0.2) is 89.7 Å². The summed E-state index contributed by atoms with van der Waals surface area (Å²) in [6.07, 6.45) is 3.27. The molecule has 6 nitrogen and oxygen atoms in total. The fourth-order valence-electron chi connectivity index (χ4n) is 3.34. The van der Waals surface area contributed by atoms with Crippen molar-refractivity contribution < 1.29 is 9.21 Å². The zero-order valence-electron chi connectivity index (χ0n) is 16.2. The normalized spacial score (nSPS) is 11.0. The Morgan fingerprint density at radius 2 is 1.80 bits per heavy atom. The first-order valence-electron chi connectivity index (χ1n) is 9.55. The van der Waals surface area contributed by atoms with Gasteiger partial charge in [-0.2, -0.15) is 4.79 Å². The molecule has 3 heterocycles. The lowest BCUT2D eigenvalue weighted by Gasteiger charge is -2.11. The molecule has 0 unspecified atom stereocenters. The largest absolute Gasteiger partial charge is 0.463 e. The highest BCUT2D eigenvalue weighted by Gasteiger charge is 2.15. The van der Waals surface area contributed by atoms with Gasteiger partial charge in [-0.05, 0) is 37.3 Å². The molecule has 1 amide bonds. The average molecular weight is 394 g/mol. The van der Waals surface area contributed by atoms with Gasteiger partial charge in [0, 0.05) is 17.1 Å². The molecule has 30 heavy (non-hydrogen) atoms. The molecule has 5 aromatic rings. The van der Waals surface area contributed by atoms with Crippen LogP contribution in [0.5, 0.6) is 0 Å². The summed E-state index contributed by atoms with van der Waals surface area (Å²) >= 11 is 0. The molecular weight excluding hydrogens is 376 g/mol. The van der Waals surface area contributed by atoms with Crippen molar-refractivity contribution in [2.24, 2.45) is 0 Å². The highest BCUT2D eigenvalue weighted by atomic mass is 16.3. The summed E-state index contributed by atoms with van der Waals surface area (Å²) in [7, 11) is 0. The zero-order chi connectivity index (χ0) is 20.5. The maximum absolute atomic E-state index is 13.1. The van der Waals surface area contributed by atoms with Crippen LogP contribution in [0.4, 0.5) is 0 Å². The van der Waals surface area contributed by atoms with Gasteiger partial charge in [-0.25, -0.2) is 10.4 Å². The molecule has 6 heteroatoms. The summed E-state index contributed by atoms with van der Waals surface area (Å²) in [4.78, 5) is 19.3. The number of aromatic nitrogens is 3. The van der Waals surface area contributed by atoms with Crippen LogP contribution in [0.25, 0.3) is 33.6 Å². The number of amides is 1.